The Bertz CT molecular complexity index is 2650. The summed E-state index contributed by atoms with van der Waals surface area (Å²) in [6.07, 6.45) is -5.19. The number of aromatic nitrogens is 10. The number of hydrogen-bond donors (Lipinski definition) is 6. The molecular weight excluding hydrogens is 887 g/mol. The lowest BCUT2D eigenvalue weighted by atomic mass is 10.2. The van der Waals surface area contributed by atoms with Gasteiger partial charge in [0.1, 0.15) is 23.1 Å². The van der Waals surface area contributed by atoms with Gasteiger partial charge in [-0.2, -0.15) is 46.3 Å². The summed E-state index contributed by atoms with van der Waals surface area (Å²) < 4.78 is 88.7. The summed E-state index contributed by atoms with van der Waals surface area (Å²) in [5.41, 5.74) is 11.8. The second kappa shape index (κ2) is 19.2. The van der Waals surface area contributed by atoms with Crippen LogP contribution in [0.3, 0.4) is 0 Å². The van der Waals surface area contributed by atoms with Crippen molar-refractivity contribution in [3.63, 3.8) is 0 Å². The molecule has 0 saturated heterocycles. The summed E-state index contributed by atoms with van der Waals surface area (Å²) in [6.45, 7) is 0. The number of H-pyrrole nitrogens is 2. The second-order valence-electron chi connectivity index (χ2n) is 12.9. The van der Waals surface area contributed by atoms with Gasteiger partial charge in [0.25, 0.3) is 0 Å². The van der Waals surface area contributed by atoms with E-state index >= 15 is 0 Å². The predicted octanol–water partition coefficient (Wildman–Crippen LogP) is 10.2. The van der Waals surface area contributed by atoms with Gasteiger partial charge in [-0.3, -0.25) is 10.2 Å². The highest BCUT2D eigenvalue weighted by molar-refractivity contribution is 7.98. The van der Waals surface area contributed by atoms with E-state index in [1.54, 1.807) is 48.5 Å². The van der Waals surface area contributed by atoms with Crippen LogP contribution >= 0.6 is 23.5 Å². The number of ether oxygens (including phenoxy) is 2. The minimum absolute atomic E-state index is 0.140. The van der Waals surface area contributed by atoms with Gasteiger partial charge < -0.3 is 31.6 Å². The van der Waals surface area contributed by atoms with Gasteiger partial charge in [-0.1, -0.05) is 35.7 Å². The molecule has 64 heavy (non-hydrogen) atoms. The van der Waals surface area contributed by atoms with Crippen LogP contribution in [0.2, 0.25) is 0 Å². The van der Waals surface area contributed by atoms with Crippen molar-refractivity contribution < 1.29 is 35.8 Å². The lowest BCUT2D eigenvalue weighted by Gasteiger charge is -2.08. The van der Waals surface area contributed by atoms with Crippen LogP contribution in [0, 0.1) is 0 Å². The molecule has 0 amide bonds. The van der Waals surface area contributed by atoms with Crippen LogP contribution in [0.4, 0.5) is 61.2 Å². The van der Waals surface area contributed by atoms with Gasteiger partial charge in [-0.15, -0.1) is 10.2 Å². The van der Waals surface area contributed by atoms with Crippen LogP contribution in [0.25, 0.3) is 22.8 Å². The van der Waals surface area contributed by atoms with Gasteiger partial charge in [-0.05, 0) is 97.4 Å². The van der Waals surface area contributed by atoms with Crippen LogP contribution in [-0.2, 0) is 12.4 Å². The summed E-state index contributed by atoms with van der Waals surface area (Å²) >= 11 is 2.70. The first kappa shape index (κ1) is 44.5. The minimum Gasteiger partial charge on any atom is -0.439 e. The molecule has 0 aliphatic carbocycles. The van der Waals surface area contributed by atoms with Crippen LogP contribution < -0.4 is 31.6 Å². The number of nitrogen functional groups attached to an aromatic ring is 2. The molecule has 0 fully saturated rings. The maximum absolute atomic E-state index is 12.9. The van der Waals surface area contributed by atoms with Crippen molar-refractivity contribution in [2.45, 2.75) is 22.7 Å². The highest BCUT2D eigenvalue weighted by Crippen LogP contribution is 2.33. The van der Waals surface area contributed by atoms with Crippen molar-refractivity contribution in [1.29, 1.82) is 0 Å². The molecule has 24 heteroatoms. The van der Waals surface area contributed by atoms with E-state index in [0.29, 0.717) is 68.0 Å². The predicted molar refractivity (Wildman–Crippen MR) is 230 cm³/mol. The van der Waals surface area contributed by atoms with E-state index in [1.807, 2.05) is 12.5 Å². The molecule has 0 atom stereocenters. The Hall–Kier alpha value is -7.60. The number of nitrogens with one attached hydrogen (secondary N) is 4. The summed E-state index contributed by atoms with van der Waals surface area (Å²) in [6, 6.07) is 26.5. The van der Waals surface area contributed by atoms with Crippen LogP contribution in [0.5, 0.6) is 23.3 Å². The fourth-order valence-electron chi connectivity index (χ4n) is 5.43. The minimum atomic E-state index is -4.43. The standard InChI is InChI=1S/2C20H16F3N7OS/c2*1-32-19-26-15(24)10-16(27-19)31-14-7-5-11(6-8-14)17-28-18(30-29-17)25-13-4-2-3-12(9-13)20(21,22)23/h2*2-10H,1H3,(H2,24,26,27)(H2,25,28,29,30). The van der Waals surface area contributed by atoms with Crippen LogP contribution in [-0.4, -0.2) is 62.8 Å². The number of anilines is 6. The van der Waals surface area contributed by atoms with Crippen molar-refractivity contribution in [1.82, 2.24) is 50.3 Å². The lowest BCUT2D eigenvalue weighted by Crippen LogP contribution is -2.05. The van der Waals surface area contributed by atoms with Gasteiger partial charge in [-0.25, -0.2) is 9.97 Å². The number of halogens is 6. The molecule has 0 aliphatic heterocycles. The first-order valence-electron chi connectivity index (χ1n) is 18.3. The summed E-state index contributed by atoms with van der Waals surface area (Å²) in [5, 5.41) is 20.0. The Labute approximate surface area is 367 Å². The first-order valence-corrected chi connectivity index (χ1v) is 20.7. The first-order chi connectivity index (χ1) is 30.6. The molecule has 0 unspecified atom stereocenters. The molecular formula is C40H32F6N14O2S2. The van der Waals surface area contributed by atoms with E-state index in [9.17, 15) is 26.3 Å². The third-order valence-electron chi connectivity index (χ3n) is 8.33. The maximum Gasteiger partial charge on any atom is 0.416 e. The van der Waals surface area contributed by atoms with Gasteiger partial charge in [0.05, 0.1) is 11.1 Å². The maximum atomic E-state index is 12.9. The Morgan fingerprint density at radius 1 is 0.516 bits per heavy atom. The third-order valence-corrected chi connectivity index (χ3v) is 9.43. The van der Waals surface area contributed by atoms with Gasteiger partial charge >= 0.3 is 12.4 Å². The number of alkyl halides is 6. The SMILES string of the molecule is CSc1nc(N)cc(Oc2ccc(-c3nc(Nc4cccc(C(F)(F)F)c4)n[nH]3)cc2)n1.CSc1nc(N)cc(Oc2ccc(-c3nc(Nc4cccc(C(F)(F)F)c4)n[nH]3)cc2)n1. The summed E-state index contributed by atoms with van der Waals surface area (Å²) in [5.74, 6) is 3.45. The zero-order chi connectivity index (χ0) is 45.4. The van der Waals surface area contributed by atoms with E-state index in [4.69, 9.17) is 20.9 Å². The zero-order valence-electron chi connectivity index (χ0n) is 33.0. The van der Waals surface area contributed by atoms with Gasteiger partial charge in [0, 0.05) is 34.6 Å². The van der Waals surface area contributed by atoms with E-state index in [0.717, 1.165) is 24.3 Å². The normalized spacial score (nSPS) is 11.4. The monoisotopic (exact) mass is 918 g/mol. The molecule has 328 valence electrons. The van der Waals surface area contributed by atoms with E-state index in [-0.39, 0.29) is 23.3 Å². The molecule has 8 N–H and O–H groups in total. The van der Waals surface area contributed by atoms with Crippen LogP contribution in [0.15, 0.2) is 120 Å². The molecule has 4 aromatic heterocycles. The van der Waals surface area contributed by atoms with Gasteiger partial charge in [0.15, 0.2) is 22.0 Å². The van der Waals surface area contributed by atoms with E-state index in [2.05, 4.69) is 60.9 Å². The van der Waals surface area contributed by atoms with E-state index in [1.165, 1.54) is 59.9 Å². The summed E-state index contributed by atoms with van der Waals surface area (Å²) in [7, 11) is 0. The lowest BCUT2D eigenvalue weighted by molar-refractivity contribution is -0.138. The van der Waals surface area contributed by atoms with Crippen molar-refractivity contribution in [2.24, 2.45) is 0 Å². The Kier molecular flexibility index (Phi) is 13.3. The van der Waals surface area contributed by atoms with Crippen LogP contribution in [0.1, 0.15) is 11.1 Å². The number of benzene rings is 4. The number of thioether (sulfide) groups is 2. The van der Waals surface area contributed by atoms with Crippen molar-refractivity contribution in [3.05, 3.63) is 120 Å². The molecule has 8 aromatic rings. The topological polar surface area (TPSA) is 229 Å². The number of nitrogens with zero attached hydrogens (tertiary/aromatic N) is 8. The number of aromatic amines is 2. The molecule has 0 bridgehead atoms. The van der Waals surface area contributed by atoms with Crippen molar-refractivity contribution >= 4 is 58.4 Å². The molecule has 4 aromatic carbocycles. The third kappa shape index (κ3) is 11.9. The summed E-state index contributed by atoms with van der Waals surface area (Å²) in [4.78, 5) is 25.2. The Balaban J connectivity index is 0.000000191. The number of rotatable bonds is 12. The fraction of sp³-hybridized carbons (Fsp3) is 0.100. The molecule has 0 radical (unpaired) electrons. The zero-order valence-corrected chi connectivity index (χ0v) is 34.7. The number of hydrogen-bond acceptors (Lipinski definition) is 16. The molecule has 16 nitrogen and oxygen atoms in total. The van der Waals surface area contributed by atoms with Gasteiger partial charge in [0.2, 0.25) is 23.7 Å². The Morgan fingerprint density at radius 2 is 0.906 bits per heavy atom. The largest absolute Gasteiger partial charge is 0.439 e. The fourth-order valence-corrected chi connectivity index (χ4v) is 6.19. The molecule has 0 saturated carbocycles. The average molecular weight is 919 g/mol. The highest BCUT2D eigenvalue weighted by Gasteiger charge is 2.31. The quantitative estimate of drug-likeness (QED) is 0.0380. The number of nitrogens with two attached hydrogens (primary N) is 2. The highest BCUT2D eigenvalue weighted by atomic mass is 32.2. The van der Waals surface area contributed by atoms with Crippen molar-refractivity contribution in [3.8, 4) is 46.0 Å². The molecule has 4 heterocycles. The Morgan fingerprint density at radius 3 is 1.27 bits per heavy atom. The average Bonchev–Trinajstić information content (AvgIpc) is 3.94. The van der Waals surface area contributed by atoms with Crippen molar-refractivity contribution in [2.75, 3.05) is 34.6 Å². The second-order valence-corrected chi connectivity index (χ2v) is 14.5. The van der Waals surface area contributed by atoms with E-state index < -0.39 is 23.5 Å². The molecule has 0 aliphatic rings. The molecule has 8 rings (SSSR count). The smallest absolute Gasteiger partial charge is 0.416 e. The molecule has 0 spiro atoms.